The van der Waals surface area contributed by atoms with Crippen LogP contribution in [-0.2, 0) is 14.3 Å². The molecule has 0 rings (SSSR count). The summed E-state index contributed by atoms with van der Waals surface area (Å²) in [5.74, 6) is -0.502. The zero-order valence-corrected chi connectivity index (χ0v) is 6.49. The number of primary amides is 1. The molecular formula is C6H11NO4. The van der Waals surface area contributed by atoms with E-state index in [4.69, 9.17) is 5.73 Å². The van der Waals surface area contributed by atoms with E-state index in [2.05, 4.69) is 9.47 Å². The Morgan fingerprint density at radius 1 is 1.45 bits per heavy atom. The fourth-order valence-corrected chi connectivity index (χ4v) is 0.505. The van der Waals surface area contributed by atoms with Gasteiger partial charge in [-0.3, -0.25) is 4.79 Å². The Balaban J connectivity index is 3.76. The van der Waals surface area contributed by atoms with E-state index in [1.807, 2.05) is 0 Å². The van der Waals surface area contributed by atoms with Crippen LogP contribution in [0.3, 0.4) is 0 Å². The van der Waals surface area contributed by atoms with E-state index < -0.39 is 18.4 Å². The quantitative estimate of drug-likeness (QED) is 0.479. The molecule has 64 valence electrons. The Bertz CT molecular complexity index is 141. The summed E-state index contributed by atoms with van der Waals surface area (Å²) in [6, 6.07) is 0. The normalized spacial score (nSPS) is 11.8. The van der Waals surface area contributed by atoms with Crippen LogP contribution >= 0.6 is 0 Å². The molecule has 0 aromatic heterocycles. The molecule has 0 saturated heterocycles. The van der Waals surface area contributed by atoms with Gasteiger partial charge >= 0.3 is 12.1 Å². The molecular weight excluding hydrogens is 150 g/mol. The van der Waals surface area contributed by atoms with E-state index in [0.29, 0.717) is 6.42 Å². The van der Waals surface area contributed by atoms with Crippen LogP contribution in [0.2, 0.25) is 0 Å². The Morgan fingerprint density at radius 2 is 2.00 bits per heavy atom. The highest BCUT2D eigenvalue weighted by Gasteiger charge is 2.11. The topological polar surface area (TPSA) is 78.6 Å². The lowest BCUT2D eigenvalue weighted by Gasteiger charge is -2.13. The van der Waals surface area contributed by atoms with Crippen LogP contribution in [0.5, 0.6) is 0 Å². The monoisotopic (exact) mass is 161 g/mol. The lowest BCUT2D eigenvalue weighted by molar-refractivity contribution is -0.164. The minimum atomic E-state index is -0.946. The molecule has 0 aromatic carbocycles. The van der Waals surface area contributed by atoms with Gasteiger partial charge in [-0.1, -0.05) is 6.92 Å². The van der Waals surface area contributed by atoms with Gasteiger partial charge in [0.1, 0.15) is 0 Å². The molecule has 0 aliphatic rings. The van der Waals surface area contributed by atoms with Crippen LogP contribution in [0, 0.1) is 0 Å². The number of ether oxygens (including phenoxy) is 2. The maximum absolute atomic E-state index is 10.3. The second kappa shape index (κ2) is 4.54. The van der Waals surface area contributed by atoms with Gasteiger partial charge in [0.15, 0.2) is 0 Å². The summed E-state index contributed by atoms with van der Waals surface area (Å²) >= 11 is 0. The van der Waals surface area contributed by atoms with E-state index in [9.17, 15) is 9.59 Å². The largest absolute Gasteiger partial charge is 0.425 e. The van der Waals surface area contributed by atoms with Crippen LogP contribution in [0.1, 0.15) is 20.3 Å². The SMILES string of the molecule is CCC(OC(C)=O)OC(N)=O. The highest BCUT2D eigenvalue weighted by atomic mass is 16.7. The average Bonchev–Trinajstić information content (AvgIpc) is 1.84. The first-order valence-electron chi connectivity index (χ1n) is 3.19. The van der Waals surface area contributed by atoms with E-state index in [-0.39, 0.29) is 0 Å². The van der Waals surface area contributed by atoms with E-state index >= 15 is 0 Å². The molecule has 0 heterocycles. The summed E-state index contributed by atoms with van der Waals surface area (Å²) in [5, 5.41) is 0. The van der Waals surface area contributed by atoms with Crippen molar-refractivity contribution in [2.75, 3.05) is 0 Å². The number of carbonyl (C=O) groups excluding carboxylic acids is 2. The summed E-state index contributed by atoms with van der Waals surface area (Å²) in [6.45, 7) is 2.93. The molecule has 11 heavy (non-hydrogen) atoms. The van der Waals surface area contributed by atoms with E-state index in [1.54, 1.807) is 6.92 Å². The van der Waals surface area contributed by atoms with Crippen molar-refractivity contribution in [1.29, 1.82) is 0 Å². The summed E-state index contributed by atoms with van der Waals surface area (Å²) in [4.78, 5) is 20.5. The van der Waals surface area contributed by atoms with Gasteiger partial charge in [-0.2, -0.15) is 0 Å². The number of hydrogen-bond acceptors (Lipinski definition) is 4. The molecule has 2 N–H and O–H groups in total. The third-order valence-corrected chi connectivity index (χ3v) is 0.878. The Labute approximate surface area is 64.5 Å². The first-order valence-corrected chi connectivity index (χ1v) is 3.19. The molecule has 1 unspecified atom stereocenters. The van der Waals surface area contributed by atoms with Crippen LogP contribution in [-0.4, -0.2) is 18.4 Å². The number of carbonyl (C=O) groups is 2. The van der Waals surface area contributed by atoms with Crippen molar-refractivity contribution < 1.29 is 19.1 Å². The van der Waals surface area contributed by atoms with Gasteiger partial charge in [0.25, 0.3) is 0 Å². The average molecular weight is 161 g/mol. The zero-order chi connectivity index (χ0) is 8.85. The number of hydrogen-bond donors (Lipinski definition) is 1. The summed E-state index contributed by atoms with van der Waals surface area (Å²) < 4.78 is 8.95. The second-order valence-electron chi connectivity index (χ2n) is 1.88. The molecule has 0 bridgehead atoms. The standard InChI is InChI=1S/C6H11NO4/c1-3-5(10-4(2)8)11-6(7)9/h5H,3H2,1-2H3,(H2,7,9). The predicted octanol–water partition coefficient (Wildman–Crippen LogP) is 0.381. The van der Waals surface area contributed by atoms with Gasteiger partial charge < -0.3 is 15.2 Å². The first-order chi connectivity index (χ1) is 5.06. The third-order valence-electron chi connectivity index (χ3n) is 0.878. The molecule has 0 aromatic rings. The lowest BCUT2D eigenvalue weighted by Crippen LogP contribution is -2.26. The van der Waals surface area contributed by atoms with Crippen LogP contribution in [0.4, 0.5) is 4.79 Å². The second-order valence-corrected chi connectivity index (χ2v) is 1.88. The van der Waals surface area contributed by atoms with Crippen molar-refractivity contribution >= 4 is 12.1 Å². The fourth-order valence-electron chi connectivity index (χ4n) is 0.505. The smallest absolute Gasteiger partial charge is 0.407 e. The minimum absolute atomic E-state index is 0.391. The van der Waals surface area contributed by atoms with Crippen LogP contribution in [0.15, 0.2) is 0 Å². The molecule has 1 amide bonds. The predicted molar refractivity (Wildman–Crippen MR) is 36.5 cm³/mol. The molecule has 0 saturated carbocycles. The number of amides is 1. The highest BCUT2D eigenvalue weighted by molar-refractivity contribution is 5.67. The van der Waals surface area contributed by atoms with Crippen molar-refractivity contribution in [2.45, 2.75) is 26.6 Å². The maximum Gasteiger partial charge on any atom is 0.407 e. The van der Waals surface area contributed by atoms with Gasteiger partial charge in [-0.15, -0.1) is 0 Å². The van der Waals surface area contributed by atoms with Crippen molar-refractivity contribution in [2.24, 2.45) is 5.73 Å². The molecule has 0 aliphatic carbocycles. The van der Waals surface area contributed by atoms with Crippen LogP contribution < -0.4 is 5.73 Å². The van der Waals surface area contributed by atoms with Crippen LogP contribution in [0.25, 0.3) is 0 Å². The summed E-state index contributed by atoms with van der Waals surface area (Å²) in [5.41, 5.74) is 4.69. The number of esters is 1. The number of nitrogens with two attached hydrogens (primary N) is 1. The van der Waals surface area contributed by atoms with E-state index in [0.717, 1.165) is 0 Å². The Kier molecular flexibility index (Phi) is 4.02. The van der Waals surface area contributed by atoms with E-state index in [1.165, 1.54) is 6.92 Å². The number of rotatable bonds is 3. The zero-order valence-electron chi connectivity index (χ0n) is 6.49. The fraction of sp³-hybridized carbons (Fsp3) is 0.667. The highest BCUT2D eigenvalue weighted by Crippen LogP contribution is 1.99. The molecule has 5 nitrogen and oxygen atoms in total. The lowest BCUT2D eigenvalue weighted by atomic mass is 10.5. The van der Waals surface area contributed by atoms with Crippen molar-refractivity contribution in [3.8, 4) is 0 Å². The Hall–Kier alpha value is -1.26. The van der Waals surface area contributed by atoms with Gasteiger partial charge in [0.05, 0.1) is 0 Å². The van der Waals surface area contributed by atoms with Gasteiger partial charge in [0.2, 0.25) is 6.29 Å². The molecule has 0 radical (unpaired) electrons. The molecule has 0 fully saturated rings. The van der Waals surface area contributed by atoms with Crippen molar-refractivity contribution in [1.82, 2.24) is 0 Å². The van der Waals surface area contributed by atoms with Gasteiger partial charge in [-0.25, -0.2) is 4.79 Å². The minimum Gasteiger partial charge on any atom is -0.425 e. The van der Waals surface area contributed by atoms with Crippen molar-refractivity contribution in [3.05, 3.63) is 0 Å². The summed E-state index contributed by atoms with van der Waals surface area (Å²) in [7, 11) is 0. The van der Waals surface area contributed by atoms with Crippen molar-refractivity contribution in [3.63, 3.8) is 0 Å². The third kappa shape index (κ3) is 5.20. The maximum atomic E-state index is 10.3. The summed E-state index contributed by atoms with van der Waals surface area (Å²) in [6.07, 6.45) is -1.41. The van der Waals surface area contributed by atoms with Gasteiger partial charge in [0, 0.05) is 13.3 Å². The van der Waals surface area contributed by atoms with Gasteiger partial charge in [-0.05, 0) is 0 Å². The molecule has 5 heteroatoms. The molecule has 0 spiro atoms. The molecule has 0 aliphatic heterocycles. The molecule has 1 atom stereocenters. The first kappa shape index (κ1) is 9.74. The Morgan fingerprint density at radius 3 is 2.27 bits per heavy atom.